The molecule has 0 radical (unpaired) electrons. The van der Waals surface area contributed by atoms with Gasteiger partial charge in [-0.3, -0.25) is 9.69 Å². The first-order valence-corrected chi connectivity index (χ1v) is 13.2. The normalized spacial score (nSPS) is 14.0. The van der Waals surface area contributed by atoms with Crippen molar-refractivity contribution in [3.05, 3.63) is 71.8 Å². The lowest BCUT2D eigenvalue weighted by Crippen LogP contribution is -2.42. The molecule has 2 aromatic rings. The van der Waals surface area contributed by atoms with Gasteiger partial charge >= 0.3 is 5.97 Å². The summed E-state index contributed by atoms with van der Waals surface area (Å²) < 4.78 is 11.6. The first-order chi connectivity index (χ1) is 16.6. The number of ether oxygens (including phenoxy) is 2. The van der Waals surface area contributed by atoms with Crippen molar-refractivity contribution in [2.75, 3.05) is 19.5 Å². The van der Waals surface area contributed by atoms with Gasteiger partial charge in [-0.25, -0.2) is 0 Å². The molecule has 0 N–H and O–H groups in total. The number of halogens is 1. The third-order valence-corrected chi connectivity index (χ3v) is 6.69. The molecule has 0 bridgehead atoms. The molecular formula is C29H42ClNO3. The molecule has 0 unspecified atom stereocenters. The number of carbonyl (C=O) groups is 1. The highest BCUT2D eigenvalue weighted by molar-refractivity contribution is 6.17. The summed E-state index contributed by atoms with van der Waals surface area (Å²) in [6.07, 6.45) is 6.52. The van der Waals surface area contributed by atoms with Crippen molar-refractivity contribution in [1.29, 1.82) is 0 Å². The molecule has 0 heterocycles. The van der Waals surface area contributed by atoms with Crippen LogP contribution in [0, 0.1) is 0 Å². The quantitative estimate of drug-likeness (QED) is 0.135. The van der Waals surface area contributed by atoms with Crippen LogP contribution in [0.4, 0.5) is 0 Å². The molecule has 0 aromatic heterocycles. The number of benzene rings is 2. The smallest absolute Gasteiger partial charge is 0.307 e. The SMILES string of the molecule is CCCCC[C@H](C[C@@H](CC(=O)OC)N(CCCCl)[C@@H](C)c1ccccc1)OCc1ccccc1. The predicted molar refractivity (Wildman–Crippen MR) is 141 cm³/mol. The van der Waals surface area contributed by atoms with Crippen LogP contribution in [0.5, 0.6) is 0 Å². The van der Waals surface area contributed by atoms with Gasteiger partial charge in [0.25, 0.3) is 0 Å². The Kier molecular flexibility index (Phi) is 13.9. The van der Waals surface area contributed by atoms with E-state index in [0.717, 1.165) is 32.2 Å². The van der Waals surface area contributed by atoms with Crippen molar-refractivity contribution in [2.45, 2.75) is 83.6 Å². The Morgan fingerprint density at radius 3 is 2.29 bits per heavy atom. The zero-order chi connectivity index (χ0) is 24.6. The van der Waals surface area contributed by atoms with Crippen LogP contribution in [0.1, 0.15) is 76.0 Å². The summed E-state index contributed by atoms with van der Waals surface area (Å²) in [5.41, 5.74) is 2.41. The predicted octanol–water partition coefficient (Wildman–Crippen LogP) is 7.17. The van der Waals surface area contributed by atoms with Gasteiger partial charge in [0.05, 0.1) is 26.2 Å². The average Bonchev–Trinajstić information content (AvgIpc) is 2.88. The summed E-state index contributed by atoms with van der Waals surface area (Å²) in [4.78, 5) is 14.9. The largest absolute Gasteiger partial charge is 0.469 e. The van der Waals surface area contributed by atoms with E-state index in [2.05, 4.69) is 55.1 Å². The summed E-state index contributed by atoms with van der Waals surface area (Å²) >= 11 is 6.10. The van der Waals surface area contributed by atoms with E-state index in [-0.39, 0.29) is 24.2 Å². The molecule has 0 fully saturated rings. The fourth-order valence-corrected chi connectivity index (χ4v) is 4.57. The molecular weight excluding hydrogens is 446 g/mol. The minimum atomic E-state index is -0.184. The van der Waals surface area contributed by atoms with Gasteiger partial charge in [-0.05, 0) is 37.3 Å². The molecule has 2 rings (SSSR count). The van der Waals surface area contributed by atoms with Crippen LogP contribution in [-0.2, 0) is 20.9 Å². The van der Waals surface area contributed by atoms with Crippen LogP contribution in [0.25, 0.3) is 0 Å². The molecule has 0 aliphatic rings. The van der Waals surface area contributed by atoms with Crippen LogP contribution in [-0.4, -0.2) is 42.5 Å². The minimum absolute atomic E-state index is 0.00766. The number of methoxy groups -OCH3 is 1. The van der Waals surface area contributed by atoms with Gasteiger partial charge in [-0.1, -0.05) is 86.8 Å². The lowest BCUT2D eigenvalue weighted by molar-refractivity contribution is -0.142. The third-order valence-electron chi connectivity index (χ3n) is 6.42. The molecule has 4 nitrogen and oxygen atoms in total. The third kappa shape index (κ3) is 10.2. The van der Waals surface area contributed by atoms with Gasteiger partial charge in [-0.15, -0.1) is 11.6 Å². The van der Waals surface area contributed by atoms with Crippen molar-refractivity contribution < 1.29 is 14.3 Å². The van der Waals surface area contributed by atoms with Crippen molar-refractivity contribution in [2.24, 2.45) is 0 Å². The maximum atomic E-state index is 12.5. The summed E-state index contributed by atoms with van der Waals surface area (Å²) in [7, 11) is 1.47. The number of hydrogen-bond donors (Lipinski definition) is 0. The number of carbonyl (C=O) groups excluding carboxylic acids is 1. The molecule has 2 aromatic carbocycles. The lowest BCUT2D eigenvalue weighted by Gasteiger charge is -2.38. The van der Waals surface area contributed by atoms with Gasteiger partial charge in [0.15, 0.2) is 0 Å². The number of unbranched alkanes of at least 4 members (excludes halogenated alkanes) is 2. The van der Waals surface area contributed by atoms with Gasteiger partial charge in [0, 0.05) is 24.5 Å². The molecule has 0 aliphatic carbocycles. The van der Waals surface area contributed by atoms with E-state index in [4.69, 9.17) is 21.1 Å². The maximum Gasteiger partial charge on any atom is 0.307 e. The summed E-state index contributed by atoms with van der Waals surface area (Å²) in [5.74, 6) is 0.407. The molecule has 0 spiro atoms. The summed E-state index contributed by atoms with van der Waals surface area (Å²) in [6.45, 7) is 5.83. The monoisotopic (exact) mass is 487 g/mol. The Morgan fingerprint density at radius 1 is 1.00 bits per heavy atom. The average molecular weight is 488 g/mol. The number of esters is 1. The van der Waals surface area contributed by atoms with Crippen molar-refractivity contribution in [1.82, 2.24) is 4.90 Å². The van der Waals surface area contributed by atoms with Gasteiger partial charge in [0.1, 0.15) is 0 Å². The van der Waals surface area contributed by atoms with E-state index in [0.29, 0.717) is 18.9 Å². The topological polar surface area (TPSA) is 38.8 Å². The zero-order valence-corrected chi connectivity index (χ0v) is 21.9. The van der Waals surface area contributed by atoms with Crippen molar-refractivity contribution >= 4 is 17.6 Å². The Bertz CT molecular complexity index is 786. The second-order valence-corrected chi connectivity index (χ2v) is 9.33. The first-order valence-electron chi connectivity index (χ1n) is 12.7. The molecule has 34 heavy (non-hydrogen) atoms. The van der Waals surface area contributed by atoms with E-state index in [1.54, 1.807) is 0 Å². The number of rotatable bonds is 17. The fraction of sp³-hybridized carbons (Fsp3) is 0.552. The maximum absolute atomic E-state index is 12.5. The second kappa shape index (κ2) is 16.7. The van der Waals surface area contributed by atoms with Crippen molar-refractivity contribution in [3.63, 3.8) is 0 Å². The Morgan fingerprint density at radius 2 is 1.68 bits per heavy atom. The first kappa shape index (κ1) is 28.4. The van der Waals surface area contributed by atoms with Crippen LogP contribution in [0.3, 0.4) is 0 Å². The van der Waals surface area contributed by atoms with E-state index in [9.17, 15) is 4.79 Å². The van der Waals surface area contributed by atoms with Gasteiger partial charge < -0.3 is 9.47 Å². The highest BCUT2D eigenvalue weighted by Gasteiger charge is 2.29. The lowest BCUT2D eigenvalue weighted by atomic mass is 9.96. The number of hydrogen-bond acceptors (Lipinski definition) is 4. The highest BCUT2D eigenvalue weighted by atomic mass is 35.5. The standard InChI is InChI=1S/C29H42ClNO3/c1-4-5-8-18-28(34-23-25-14-9-6-10-15-25)21-27(22-29(32)33-3)31(20-13-19-30)24(2)26-16-11-7-12-17-26/h6-7,9-12,14-17,24,27-28H,4-5,8,13,18-23H2,1-3H3/t24-,27-,28+/m0/s1. The van der Waals surface area contributed by atoms with Crippen LogP contribution < -0.4 is 0 Å². The van der Waals surface area contributed by atoms with Crippen LogP contribution >= 0.6 is 11.6 Å². The molecule has 5 heteroatoms. The zero-order valence-electron chi connectivity index (χ0n) is 21.1. The van der Waals surface area contributed by atoms with E-state index < -0.39 is 0 Å². The summed E-state index contributed by atoms with van der Waals surface area (Å²) in [6, 6.07) is 20.9. The highest BCUT2D eigenvalue weighted by Crippen LogP contribution is 2.28. The van der Waals surface area contributed by atoms with Crippen molar-refractivity contribution in [3.8, 4) is 0 Å². The van der Waals surface area contributed by atoms with Crippen LogP contribution in [0.15, 0.2) is 60.7 Å². The minimum Gasteiger partial charge on any atom is -0.469 e. The molecule has 0 aliphatic heterocycles. The van der Waals surface area contributed by atoms with Gasteiger partial charge in [-0.2, -0.15) is 0 Å². The second-order valence-electron chi connectivity index (χ2n) is 8.95. The summed E-state index contributed by atoms with van der Waals surface area (Å²) in [5, 5.41) is 0. The Balaban J connectivity index is 2.24. The van der Waals surface area contributed by atoms with E-state index >= 15 is 0 Å². The van der Waals surface area contributed by atoms with Gasteiger partial charge in [0.2, 0.25) is 0 Å². The Labute approximate surface area is 211 Å². The molecule has 0 saturated heterocycles. The number of nitrogens with zero attached hydrogens (tertiary/aromatic N) is 1. The molecule has 188 valence electrons. The Hall–Kier alpha value is -1.88. The molecule has 0 amide bonds. The molecule has 3 atom stereocenters. The van der Waals surface area contributed by atoms with Crippen LogP contribution in [0.2, 0.25) is 0 Å². The fourth-order valence-electron chi connectivity index (χ4n) is 4.45. The number of alkyl halides is 1. The van der Waals surface area contributed by atoms with E-state index in [1.807, 2.05) is 24.3 Å². The van der Waals surface area contributed by atoms with E-state index in [1.165, 1.54) is 31.1 Å². The molecule has 0 saturated carbocycles.